The lowest BCUT2D eigenvalue weighted by Gasteiger charge is -2.14. The lowest BCUT2D eigenvalue weighted by molar-refractivity contribution is 0.0400. The van der Waals surface area contributed by atoms with Crippen molar-refractivity contribution < 1.29 is 22.4 Å². The van der Waals surface area contributed by atoms with Gasteiger partial charge in [-0.3, -0.25) is 0 Å². The van der Waals surface area contributed by atoms with Gasteiger partial charge < -0.3 is 19.7 Å². The maximum absolute atomic E-state index is 9.63. The molecule has 6 atom stereocenters. The van der Waals surface area contributed by atoms with E-state index in [1.165, 1.54) is 0 Å². The van der Waals surface area contributed by atoms with Crippen LogP contribution in [0.15, 0.2) is 12.2 Å². The molecule has 2 N–H and O–H groups in total. The summed E-state index contributed by atoms with van der Waals surface area (Å²) in [7, 11) is 0. The van der Waals surface area contributed by atoms with Gasteiger partial charge in [0.15, 0.2) is 0 Å². The van der Waals surface area contributed by atoms with Crippen LogP contribution in [-0.4, -0.2) is 48.3 Å². The predicted molar refractivity (Wildman–Crippen MR) is 63.7 cm³/mol. The van der Waals surface area contributed by atoms with Crippen LogP contribution in [0.3, 0.4) is 0 Å². The van der Waals surface area contributed by atoms with Gasteiger partial charge in [-0.05, 0) is 31.6 Å². The van der Waals surface area contributed by atoms with Gasteiger partial charge in [0.25, 0.3) is 0 Å². The van der Waals surface area contributed by atoms with E-state index in [0.717, 1.165) is 6.42 Å². The third kappa shape index (κ3) is 3.52. The number of aliphatic hydroxyl groups excluding tert-OH is 2. The van der Waals surface area contributed by atoms with Crippen molar-refractivity contribution in [1.82, 2.24) is 0 Å². The largest absolute Gasteiger partial charge is 0.394 e. The molecule has 4 heteroatoms. The number of allylic oxidation sites excluding steroid dienone is 1. The number of hydrogen-bond donors (Lipinski definition) is 2. The monoisotopic (exact) mass is 246 g/mol. The fourth-order valence-corrected chi connectivity index (χ4v) is 2.24. The van der Waals surface area contributed by atoms with Crippen LogP contribution in [0.2, 0.25) is 0 Å². The number of hydrogen-bond acceptors (Lipinski definition) is 4. The van der Waals surface area contributed by atoms with Gasteiger partial charge in [-0.1, -0.05) is 12.2 Å². The smallest absolute Gasteiger partial charge is 0.0869 e. The van der Waals surface area contributed by atoms with Gasteiger partial charge >= 0.3 is 0 Å². The number of ether oxygens (including phenoxy) is 2. The highest BCUT2D eigenvalue weighted by Gasteiger charge is 2.27. The van der Waals surface area contributed by atoms with E-state index in [1.807, 2.05) is 12.2 Å². The van der Waals surface area contributed by atoms with E-state index in [1.54, 1.807) is 0 Å². The molecule has 0 aromatic heterocycles. The SMILES string of the molecule is [3H][C@H]1C[C@H](C/C=C/C[C@H]2O[C@@H]([3H])C[C@@H]2O)[C@@H](CO)O1. The van der Waals surface area contributed by atoms with Crippen LogP contribution in [0, 0.1) is 5.92 Å². The Bertz CT molecular complexity index is 313. The molecule has 0 aromatic carbocycles. The summed E-state index contributed by atoms with van der Waals surface area (Å²) in [6, 6.07) is 0. The number of rotatable bonds is 5. The summed E-state index contributed by atoms with van der Waals surface area (Å²) >= 11 is 0. The lowest BCUT2D eigenvalue weighted by Crippen LogP contribution is -2.20. The molecule has 2 heterocycles. The first-order valence-electron chi connectivity index (χ1n) is 7.35. The summed E-state index contributed by atoms with van der Waals surface area (Å²) in [4.78, 5) is 0. The highest BCUT2D eigenvalue weighted by Crippen LogP contribution is 2.24. The van der Waals surface area contributed by atoms with Crippen molar-refractivity contribution in [3.05, 3.63) is 12.2 Å². The van der Waals surface area contributed by atoms with Crippen molar-refractivity contribution in [2.24, 2.45) is 5.92 Å². The minimum Gasteiger partial charge on any atom is -0.394 e. The summed E-state index contributed by atoms with van der Waals surface area (Å²) in [6.07, 6.45) is 5.24. The molecule has 0 unspecified atom stereocenters. The Morgan fingerprint density at radius 1 is 1.12 bits per heavy atom. The van der Waals surface area contributed by atoms with Crippen LogP contribution in [-0.2, 0) is 9.47 Å². The molecule has 2 rings (SSSR count). The standard InChI is InChI=1S/C13H22O4/c14-9-13-10(5-7-17-13)3-1-2-4-12-11(15)6-8-16-12/h1-2,10-15H,3-9H2/b2-1+/t10-,11-,12+,13+/m0/s1/i7T,8T/t7-,8-,10-,11-,12+,13+. The molecule has 2 aliphatic rings. The Labute approximate surface area is 105 Å². The van der Waals surface area contributed by atoms with E-state index < -0.39 is 19.3 Å². The Morgan fingerprint density at radius 2 is 1.82 bits per heavy atom. The van der Waals surface area contributed by atoms with Gasteiger partial charge in [0.2, 0.25) is 0 Å². The summed E-state index contributed by atoms with van der Waals surface area (Å²) in [6.45, 7) is -1.18. The van der Waals surface area contributed by atoms with Crippen molar-refractivity contribution in [3.63, 3.8) is 0 Å². The fraction of sp³-hybridized carbons (Fsp3) is 0.846. The normalized spacial score (nSPS) is 48.6. The van der Waals surface area contributed by atoms with Gasteiger partial charge in [0.05, 0.1) is 27.7 Å². The fourth-order valence-electron chi connectivity index (χ4n) is 2.24. The molecule has 0 bridgehead atoms. The third-order valence-electron chi connectivity index (χ3n) is 3.39. The third-order valence-corrected chi connectivity index (χ3v) is 3.39. The summed E-state index contributed by atoms with van der Waals surface area (Å²) in [5.41, 5.74) is 0. The van der Waals surface area contributed by atoms with Crippen LogP contribution in [0.4, 0.5) is 0 Å². The molecule has 2 aliphatic heterocycles. The van der Waals surface area contributed by atoms with Gasteiger partial charge in [-0.15, -0.1) is 0 Å². The summed E-state index contributed by atoms with van der Waals surface area (Å²) in [5.74, 6) is 0.182. The molecule has 4 nitrogen and oxygen atoms in total. The van der Waals surface area contributed by atoms with Crippen LogP contribution < -0.4 is 0 Å². The second kappa shape index (κ2) is 6.50. The molecule has 98 valence electrons. The first-order valence-corrected chi connectivity index (χ1v) is 6.19. The Morgan fingerprint density at radius 3 is 2.53 bits per heavy atom. The zero-order valence-corrected chi connectivity index (χ0v) is 9.87. The molecule has 0 radical (unpaired) electrons. The highest BCUT2D eigenvalue weighted by atomic mass is 16.5. The number of aliphatic hydroxyl groups is 2. The molecular formula is C13H22O4. The van der Waals surface area contributed by atoms with Gasteiger partial charge in [-0.25, -0.2) is 0 Å². The van der Waals surface area contributed by atoms with E-state index >= 15 is 0 Å². The van der Waals surface area contributed by atoms with Gasteiger partial charge in [-0.2, -0.15) is 0 Å². The van der Waals surface area contributed by atoms with Crippen molar-refractivity contribution in [1.29, 1.82) is 0 Å². The quantitative estimate of drug-likeness (QED) is 0.707. The molecule has 2 fully saturated rings. The molecule has 17 heavy (non-hydrogen) atoms. The van der Waals surface area contributed by atoms with E-state index in [0.29, 0.717) is 19.3 Å². The molecule has 0 spiro atoms. The summed E-state index contributed by atoms with van der Waals surface area (Å²) < 4.78 is 25.5. The Balaban J connectivity index is 1.71. The zero-order chi connectivity index (χ0) is 13.8. The van der Waals surface area contributed by atoms with Crippen LogP contribution in [0.25, 0.3) is 0 Å². The van der Waals surface area contributed by atoms with Gasteiger partial charge in [0.1, 0.15) is 0 Å². The molecule has 0 aromatic rings. The van der Waals surface area contributed by atoms with Crippen LogP contribution in [0.5, 0.6) is 0 Å². The van der Waals surface area contributed by atoms with Crippen molar-refractivity contribution in [2.45, 2.75) is 44.0 Å². The molecular weight excluding hydrogens is 220 g/mol. The van der Waals surface area contributed by atoms with Crippen molar-refractivity contribution >= 4 is 0 Å². The lowest BCUT2D eigenvalue weighted by atomic mass is 9.97. The second-order valence-corrected chi connectivity index (χ2v) is 4.61. The Kier molecular flexibility index (Phi) is 4.01. The van der Waals surface area contributed by atoms with Crippen LogP contribution in [0.1, 0.15) is 28.4 Å². The zero-order valence-electron chi connectivity index (χ0n) is 11.9. The molecule has 0 amide bonds. The van der Waals surface area contributed by atoms with Gasteiger partial charge in [0, 0.05) is 13.2 Å². The van der Waals surface area contributed by atoms with E-state index in [4.69, 9.17) is 17.3 Å². The highest BCUT2D eigenvalue weighted by molar-refractivity contribution is 4.92. The first kappa shape index (κ1) is 10.5. The van der Waals surface area contributed by atoms with E-state index in [9.17, 15) is 5.11 Å². The topological polar surface area (TPSA) is 58.9 Å². The van der Waals surface area contributed by atoms with E-state index in [2.05, 4.69) is 0 Å². The van der Waals surface area contributed by atoms with Crippen molar-refractivity contribution in [3.8, 4) is 0 Å². The minimum atomic E-state index is -0.612. The minimum absolute atomic E-state index is 0.0428. The Hall–Kier alpha value is -0.420. The molecule has 2 saturated heterocycles. The van der Waals surface area contributed by atoms with E-state index in [-0.39, 0.29) is 24.7 Å². The summed E-state index contributed by atoms with van der Waals surface area (Å²) in [5, 5.41) is 18.8. The first-order chi connectivity index (χ1) is 9.10. The maximum Gasteiger partial charge on any atom is 0.0869 e. The molecule has 0 aliphatic carbocycles. The predicted octanol–water partition coefficient (Wildman–Crippen LogP) is 0.870. The second-order valence-electron chi connectivity index (χ2n) is 4.61. The van der Waals surface area contributed by atoms with Crippen molar-refractivity contribution in [2.75, 3.05) is 19.8 Å². The average molecular weight is 246 g/mol. The maximum atomic E-state index is 9.63. The average Bonchev–Trinajstić information content (AvgIpc) is 2.87. The molecule has 0 saturated carbocycles. The van der Waals surface area contributed by atoms with Crippen LogP contribution >= 0.6 is 0 Å².